The number of imidazole rings is 2. The summed E-state index contributed by atoms with van der Waals surface area (Å²) in [5, 5.41) is 0.0762. The molecule has 5 nitrogen and oxygen atoms in total. The van der Waals surface area contributed by atoms with Crippen LogP contribution in [0.2, 0.25) is 18.1 Å². The van der Waals surface area contributed by atoms with Gasteiger partial charge in [-0.05, 0) is 80.5 Å². The quantitative estimate of drug-likeness (QED) is 0.251. The zero-order valence-corrected chi connectivity index (χ0v) is 23.1. The van der Waals surface area contributed by atoms with Gasteiger partial charge in [-0.2, -0.15) is 0 Å². The van der Waals surface area contributed by atoms with Crippen molar-refractivity contribution in [3.63, 3.8) is 0 Å². The molecule has 2 aromatic heterocycles. The number of rotatable bonds is 7. The van der Waals surface area contributed by atoms with E-state index in [-0.39, 0.29) is 16.7 Å². The van der Waals surface area contributed by atoms with Crippen LogP contribution < -0.4 is 0 Å². The molecule has 0 unspecified atom stereocenters. The van der Waals surface area contributed by atoms with E-state index in [0.717, 1.165) is 40.1 Å². The number of halogens is 2. The van der Waals surface area contributed by atoms with Gasteiger partial charge in [0.2, 0.25) is 0 Å². The minimum absolute atomic E-state index is 0.0762. The Labute approximate surface area is 212 Å². The molecule has 4 rings (SSSR count). The summed E-state index contributed by atoms with van der Waals surface area (Å²) in [5.41, 5.74) is 4.35. The normalized spacial score (nSPS) is 12.4. The molecule has 2 aromatic carbocycles. The van der Waals surface area contributed by atoms with Crippen LogP contribution in [0.1, 0.15) is 49.5 Å². The van der Waals surface area contributed by atoms with Gasteiger partial charge in [0.05, 0.1) is 23.7 Å². The van der Waals surface area contributed by atoms with Gasteiger partial charge in [-0.3, -0.25) is 0 Å². The molecule has 0 radical (unpaired) electrons. The highest BCUT2D eigenvalue weighted by molar-refractivity contribution is 6.74. The molecule has 0 spiro atoms. The molecule has 0 saturated heterocycles. The Morgan fingerprint density at radius 1 is 0.833 bits per heavy atom. The summed E-state index contributed by atoms with van der Waals surface area (Å²) in [5.74, 6) is 1.05. The number of hydrogen-bond donors (Lipinski definition) is 0. The molecule has 2 heterocycles. The molecular formula is C28H34F2N4OSi. The standard InChI is InChI=1S/C28H34F2N4OSi/c1-19-31-23(17-33(19)24-12-8-21(29)9-13-24)16-27-26(18-35-36(6,7)28(3,4)5)32-20(2)34(27)25-14-10-22(30)11-15-25/h8-15,17H,16,18H2,1-7H3. The van der Waals surface area contributed by atoms with Gasteiger partial charge < -0.3 is 13.6 Å². The van der Waals surface area contributed by atoms with E-state index in [2.05, 4.69) is 38.4 Å². The molecule has 0 N–H and O–H groups in total. The molecule has 0 amide bonds. The molecule has 4 aromatic rings. The predicted molar refractivity (Wildman–Crippen MR) is 141 cm³/mol. The number of nitrogens with zero attached hydrogens (tertiary/aromatic N) is 4. The number of hydrogen-bond acceptors (Lipinski definition) is 3. The SMILES string of the molecule is Cc1nc(Cc2c(CO[Si](C)(C)C(C)(C)C)nc(C)n2-c2ccc(F)cc2)cn1-c1ccc(F)cc1. The van der Waals surface area contributed by atoms with E-state index >= 15 is 0 Å². The Kier molecular flexibility index (Phi) is 7.03. The largest absolute Gasteiger partial charge is 0.411 e. The predicted octanol–water partition coefficient (Wildman–Crippen LogP) is 7.07. The molecule has 0 fully saturated rings. The van der Waals surface area contributed by atoms with E-state index in [1.165, 1.54) is 24.3 Å². The summed E-state index contributed by atoms with van der Waals surface area (Å²) in [6.45, 7) is 15.4. The maximum Gasteiger partial charge on any atom is 0.192 e. The van der Waals surface area contributed by atoms with Gasteiger partial charge in [-0.1, -0.05) is 20.8 Å². The third-order valence-corrected chi connectivity index (χ3v) is 11.5. The smallest absolute Gasteiger partial charge is 0.192 e. The van der Waals surface area contributed by atoms with Crippen LogP contribution in [0.15, 0.2) is 54.7 Å². The van der Waals surface area contributed by atoms with Crippen LogP contribution in [0, 0.1) is 25.5 Å². The topological polar surface area (TPSA) is 44.9 Å². The fraction of sp³-hybridized carbons (Fsp3) is 0.357. The highest BCUT2D eigenvalue weighted by Gasteiger charge is 2.37. The lowest BCUT2D eigenvalue weighted by molar-refractivity contribution is 0.271. The monoisotopic (exact) mass is 508 g/mol. The molecule has 0 aliphatic rings. The van der Waals surface area contributed by atoms with Crippen molar-refractivity contribution in [2.24, 2.45) is 0 Å². The Balaban J connectivity index is 1.74. The van der Waals surface area contributed by atoms with Crippen molar-refractivity contribution in [3.8, 4) is 11.4 Å². The van der Waals surface area contributed by atoms with E-state index in [1.54, 1.807) is 24.3 Å². The summed E-state index contributed by atoms with van der Waals surface area (Å²) < 4.78 is 37.6. The van der Waals surface area contributed by atoms with Crippen LogP contribution in [0.3, 0.4) is 0 Å². The van der Waals surface area contributed by atoms with Gasteiger partial charge in [0.15, 0.2) is 8.32 Å². The average molecular weight is 509 g/mol. The first-order valence-corrected chi connectivity index (χ1v) is 15.0. The van der Waals surface area contributed by atoms with Crippen molar-refractivity contribution >= 4 is 8.32 Å². The highest BCUT2D eigenvalue weighted by atomic mass is 28.4. The molecule has 190 valence electrons. The molecule has 0 aliphatic carbocycles. The lowest BCUT2D eigenvalue weighted by Crippen LogP contribution is -2.40. The van der Waals surface area contributed by atoms with Crippen LogP contribution in [0.4, 0.5) is 8.78 Å². The van der Waals surface area contributed by atoms with E-state index < -0.39 is 8.32 Å². The van der Waals surface area contributed by atoms with E-state index in [0.29, 0.717) is 13.0 Å². The molecule has 36 heavy (non-hydrogen) atoms. The van der Waals surface area contributed by atoms with Crippen molar-refractivity contribution < 1.29 is 13.2 Å². The summed E-state index contributed by atoms with van der Waals surface area (Å²) in [4.78, 5) is 9.67. The second-order valence-corrected chi connectivity index (χ2v) is 15.5. The highest BCUT2D eigenvalue weighted by Crippen LogP contribution is 2.37. The summed E-state index contributed by atoms with van der Waals surface area (Å²) in [6, 6.07) is 12.8. The molecule has 0 bridgehead atoms. The molecule has 0 atom stereocenters. The second kappa shape index (κ2) is 9.75. The maximum absolute atomic E-state index is 13.7. The van der Waals surface area contributed by atoms with Gasteiger partial charge in [0.1, 0.15) is 23.3 Å². The second-order valence-electron chi connectivity index (χ2n) is 10.7. The van der Waals surface area contributed by atoms with Gasteiger partial charge >= 0.3 is 0 Å². The van der Waals surface area contributed by atoms with E-state index in [4.69, 9.17) is 14.4 Å². The Bertz CT molecular complexity index is 1350. The van der Waals surface area contributed by atoms with Gasteiger partial charge in [0, 0.05) is 24.0 Å². The van der Waals surface area contributed by atoms with Crippen molar-refractivity contribution in [2.45, 2.75) is 65.8 Å². The van der Waals surface area contributed by atoms with Crippen LogP contribution in [0.25, 0.3) is 11.4 Å². The molecule has 8 heteroatoms. The zero-order valence-electron chi connectivity index (χ0n) is 22.1. The molecule has 0 saturated carbocycles. The van der Waals surface area contributed by atoms with E-state index in [9.17, 15) is 8.78 Å². The lowest BCUT2D eigenvalue weighted by Gasteiger charge is -2.36. The van der Waals surface area contributed by atoms with Crippen LogP contribution in [0.5, 0.6) is 0 Å². The van der Waals surface area contributed by atoms with Gasteiger partial charge in [0.25, 0.3) is 0 Å². The van der Waals surface area contributed by atoms with Crippen molar-refractivity contribution in [1.29, 1.82) is 0 Å². The van der Waals surface area contributed by atoms with Gasteiger partial charge in [-0.15, -0.1) is 0 Å². The Hall–Kier alpha value is -3.10. The van der Waals surface area contributed by atoms with Crippen molar-refractivity contribution in [3.05, 3.63) is 95.1 Å². The summed E-state index contributed by atoms with van der Waals surface area (Å²) >= 11 is 0. The molecule has 0 aliphatic heterocycles. The summed E-state index contributed by atoms with van der Waals surface area (Å²) in [7, 11) is -2.00. The van der Waals surface area contributed by atoms with Crippen molar-refractivity contribution in [2.75, 3.05) is 0 Å². The zero-order chi connectivity index (χ0) is 26.3. The van der Waals surface area contributed by atoms with Crippen LogP contribution in [-0.2, 0) is 17.5 Å². The average Bonchev–Trinajstić information content (AvgIpc) is 3.32. The first kappa shape index (κ1) is 26.0. The first-order chi connectivity index (χ1) is 16.9. The Morgan fingerprint density at radius 3 is 1.94 bits per heavy atom. The third kappa shape index (κ3) is 5.34. The summed E-state index contributed by atoms with van der Waals surface area (Å²) in [6.07, 6.45) is 2.49. The minimum atomic E-state index is -2.00. The minimum Gasteiger partial charge on any atom is -0.411 e. The first-order valence-electron chi connectivity index (χ1n) is 12.1. The maximum atomic E-state index is 13.7. The number of aromatic nitrogens is 4. The lowest BCUT2D eigenvalue weighted by atomic mass is 10.2. The number of benzene rings is 2. The Morgan fingerprint density at radius 2 is 1.39 bits per heavy atom. The number of aryl methyl sites for hydroxylation is 2. The van der Waals surface area contributed by atoms with E-state index in [1.807, 2.05) is 24.6 Å². The fourth-order valence-electron chi connectivity index (χ4n) is 3.98. The van der Waals surface area contributed by atoms with Crippen LogP contribution in [-0.4, -0.2) is 27.4 Å². The van der Waals surface area contributed by atoms with Gasteiger partial charge in [-0.25, -0.2) is 18.7 Å². The molecular weight excluding hydrogens is 474 g/mol. The van der Waals surface area contributed by atoms with Crippen molar-refractivity contribution in [1.82, 2.24) is 19.1 Å². The van der Waals surface area contributed by atoms with Crippen LogP contribution >= 0.6 is 0 Å². The fourth-order valence-corrected chi connectivity index (χ4v) is 4.91. The third-order valence-electron chi connectivity index (χ3n) is 7.07.